The third-order valence-electron chi connectivity index (χ3n) is 4.87. The molecule has 0 radical (unpaired) electrons. The summed E-state index contributed by atoms with van der Waals surface area (Å²) < 4.78 is 18.4. The van der Waals surface area contributed by atoms with Crippen LogP contribution in [0.3, 0.4) is 0 Å². The summed E-state index contributed by atoms with van der Waals surface area (Å²) in [5.41, 5.74) is 3.18. The zero-order chi connectivity index (χ0) is 21.7. The number of ether oxygens (including phenoxy) is 3. The van der Waals surface area contributed by atoms with Gasteiger partial charge in [-0.3, -0.25) is 0 Å². The Hall–Kier alpha value is -3.42. The van der Waals surface area contributed by atoms with Crippen molar-refractivity contribution < 1.29 is 14.2 Å². The average Bonchev–Trinajstić information content (AvgIpc) is 3.01. The summed E-state index contributed by atoms with van der Waals surface area (Å²) in [7, 11) is 4.74. The second kappa shape index (κ2) is 9.39. The number of nitrogens with one attached hydrogen (secondary N) is 2. The zero-order valence-electron chi connectivity index (χ0n) is 18.4. The molecule has 0 saturated heterocycles. The van der Waals surface area contributed by atoms with Gasteiger partial charge in [-0.25, -0.2) is 4.98 Å². The predicted octanol–water partition coefficient (Wildman–Crippen LogP) is 4.82. The van der Waals surface area contributed by atoms with E-state index in [0.29, 0.717) is 29.0 Å². The third kappa shape index (κ3) is 4.42. The maximum atomic E-state index is 5.41. The van der Waals surface area contributed by atoms with Gasteiger partial charge in [-0.15, -0.1) is 0 Å². The molecule has 8 nitrogen and oxygen atoms in total. The molecule has 0 amide bonds. The Morgan fingerprint density at radius 3 is 2.30 bits per heavy atom. The molecule has 0 unspecified atom stereocenters. The molecule has 0 aliphatic rings. The Balaban J connectivity index is 1.87. The van der Waals surface area contributed by atoms with Gasteiger partial charge < -0.3 is 29.4 Å². The molecule has 0 bridgehead atoms. The Bertz CT molecular complexity index is 991. The molecule has 3 rings (SSSR count). The number of aromatic nitrogens is 3. The van der Waals surface area contributed by atoms with E-state index in [1.54, 1.807) is 27.5 Å². The van der Waals surface area contributed by atoms with Crippen molar-refractivity contribution in [2.24, 2.45) is 0 Å². The summed E-state index contributed by atoms with van der Waals surface area (Å²) in [5.74, 6) is 3.85. The Morgan fingerprint density at radius 2 is 1.70 bits per heavy atom. The van der Waals surface area contributed by atoms with Gasteiger partial charge in [0.1, 0.15) is 11.6 Å². The SMILES string of the molecule is CCCn1cc(C)c(C)c1Nc1ccnc(Nc2cc(OC)c(OC)c(OC)c2)n1. The number of hydrogen-bond acceptors (Lipinski definition) is 7. The quantitative estimate of drug-likeness (QED) is 0.522. The first-order chi connectivity index (χ1) is 14.5. The number of aryl methyl sites for hydroxylation is 2. The van der Waals surface area contributed by atoms with E-state index in [9.17, 15) is 0 Å². The van der Waals surface area contributed by atoms with Gasteiger partial charge in [-0.05, 0) is 37.5 Å². The number of nitrogens with zero attached hydrogens (tertiary/aromatic N) is 3. The number of anilines is 4. The lowest BCUT2D eigenvalue weighted by Crippen LogP contribution is -2.05. The zero-order valence-corrected chi connectivity index (χ0v) is 18.4. The highest BCUT2D eigenvalue weighted by atomic mass is 16.5. The summed E-state index contributed by atoms with van der Waals surface area (Å²) in [6, 6.07) is 5.47. The minimum absolute atomic E-state index is 0.456. The van der Waals surface area contributed by atoms with Crippen molar-refractivity contribution in [3.05, 3.63) is 41.7 Å². The molecule has 0 spiro atoms. The fraction of sp³-hybridized carbons (Fsp3) is 0.364. The molecule has 2 heterocycles. The molecule has 2 aromatic heterocycles. The molecule has 8 heteroatoms. The second-order valence-electron chi connectivity index (χ2n) is 6.91. The molecule has 0 atom stereocenters. The van der Waals surface area contributed by atoms with E-state index in [-0.39, 0.29) is 0 Å². The van der Waals surface area contributed by atoms with Gasteiger partial charge in [0.2, 0.25) is 11.7 Å². The Kier molecular flexibility index (Phi) is 6.66. The Labute approximate surface area is 177 Å². The lowest BCUT2D eigenvalue weighted by molar-refractivity contribution is 0.324. The molecule has 0 aliphatic carbocycles. The van der Waals surface area contributed by atoms with Crippen LogP contribution in [-0.2, 0) is 6.54 Å². The summed E-state index contributed by atoms with van der Waals surface area (Å²) in [6.45, 7) is 7.33. The molecule has 2 N–H and O–H groups in total. The maximum absolute atomic E-state index is 5.41. The number of hydrogen-bond donors (Lipinski definition) is 2. The average molecular weight is 412 g/mol. The van der Waals surface area contributed by atoms with Crippen molar-refractivity contribution in [1.82, 2.24) is 14.5 Å². The number of methoxy groups -OCH3 is 3. The summed E-state index contributed by atoms with van der Waals surface area (Å²) in [5, 5.41) is 6.64. The first-order valence-electron chi connectivity index (χ1n) is 9.84. The highest BCUT2D eigenvalue weighted by Crippen LogP contribution is 2.40. The van der Waals surface area contributed by atoms with Gasteiger partial charge in [0.15, 0.2) is 11.5 Å². The van der Waals surface area contributed by atoms with Crippen LogP contribution < -0.4 is 24.8 Å². The van der Waals surface area contributed by atoms with Crippen molar-refractivity contribution >= 4 is 23.3 Å². The van der Waals surface area contributed by atoms with Crippen LogP contribution in [0.2, 0.25) is 0 Å². The molecule has 1 aromatic carbocycles. The minimum atomic E-state index is 0.456. The van der Waals surface area contributed by atoms with Crippen LogP contribution in [0.1, 0.15) is 24.5 Å². The summed E-state index contributed by atoms with van der Waals surface area (Å²) in [6.07, 6.45) is 4.93. The first kappa shape index (κ1) is 21.3. The van der Waals surface area contributed by atoms with Crippen LogP contribution in [0.25, 0.3) is 0 Å². The number of benzene rings is 1. The molecule has 0 saturated carbocycles. The van der Waals surface area contributed by atoms with Crippen molar-refractivity contribution in [3.63, 3.8) is 0 Å². The lowest BCUT2D eigenvalue weighted by atomic mass is 10.2. The van der Waals surface area contributed by atoms with Gasteiger partial charge in [0.05, 0.1) is 21.3 Å². The summed E-state index contributed by atoms with van der Waals surface area (Å²) >= 11 is 0. The van der Waals surface area contributed by atoms with Crippen LogP contribution in [-0.4, -0.2) is 35.9 Å². The van der Waals surface area contributed by atoms with E-state index < -0.39 is 0 Å². The predicted molar refractivity (Wildman–Crippen MR) is 119 cm³/mol. The molecule has 0 aliphatic heterocycles. The standard InChI is InChI=1S/C22H29N5O3/c1-7-10-27-13-14(2)15(3)21(27)25-19-8-9-23-22(26-19)24-16-11-17(28-4)20(30-6)18(12-16)29-5/h8-9,11-13H,7,10H2,1-6H3,(H2,23,24,25,26). The molecule has 30 heavy (non-hydrogen) atoms. The van der Waals surface area contributed by atoms with E-state index in [1.807, 2.05) is 18.2 Å². The number of rotatable bonds is 9. The van der Waals surface area contributed by atoms with Gasteiger partial charge >= 0.3 is 0 Å². The first-order valence-corrected chi connectivity index (χ1v) is 9.84. The topological polar surface area (TPSA) is 82.5 Å². The van der Waals surface area contributed by atoms with Gasteiger partial charge in [0, 0.05) is 36.8 Å². The normalized spacial score (nSPS) is 10.6. The van der Waals surface area contributed by atoms with Crippen LogP contribution in [0.15, 0.2) is 30.6 Å². The van der Waals surface area contributed by atoms with Gasteiger partial charge in [0.25, 0.3) is 0 Å². The van der Waals surface area contributed by atoms with E-state index >= 15 is 0 Å². The molecule has 3 aromatic rings. The summed E-state index contributed by atoms with van der Waals surface area (Å²) in [4.78, 5) is 8.94. The van der Waals surface area contributed by atoms with E-state index in [2.05, 4.69) is 52.1 Å². The van der Waals surface area contributed by atoms with Crippen LogP contribution in [0.4, 0.5) is 23.3 Å². The van der Waals surface area contributed by atoms with Crippen molar-refractivity contribution in [3.8, 4) is 17.2 Å². The minimum Gasteiger partial charge on any atom is -0.493 e. The van der Waals surface area contributed by atoms with E-state index in [0.717, 1.165) is 24.5 Å². The van der Waals surface area contributed by atoms with Gasteiger partial charge in [-0.2, -0.15) is 4.98 Å². The fourth-order valence-corrected chi connectivity index (χ4v) is 3.27. The van der Waals surface area contributed by atoms with Crippen LogP contribution in [0.5, 0.6) is 17.2 Å². The van der Waals surface area contributed by atoms with E-state index in [4.69, 9.17) is 14.2 Å². The lowest BCUT2D eigenvalue weighted by Gasteiger charge is -2.15. The van der Waals surface area contributed by atoms with Crippen LogP contribution >= 0.6 is 0 Å². The third-order valence-corrected chi connectivity index (χ3v) is 4.87. The van der Waals surface area contributed by atoms with Crippen molar-refractivity contribution in [2.45, 2.75) is 33.7 Å². The fourth-order valence-electron chi connectivity index (χ4n) is 3.27. The van der Waals surface area contributed by atoms with Crippen molar-refractivity contribution in [2.75, 3.05) is 32.0 Å². The largest absolute Gasteiger partial charge is 0.493 e. The van der Waals surface area contributed by atoms with Crippen LogP contribution in [0, 0.1) is 13.8 Å². The highest BCUT2D eigenvalue weighted by molar-refractivity contribution is 5.66. The second-order valence-corrected chi connectivity index (χ2v) is 6.91. The van der Waals surface area contributed by atoms with Crippen molar-refractivity contribution in [1.29, 1.82) is 0 Å². The molecule has 160 valence electrons. The highest BCUT2D eigenvalue weighted by Gasteiger charge is 2.14. The molecule has 0 fully saturated rings. The maximum Gasteiger partial charge on any atom is 0.229 e. The smallest absolute Gasteiger partial charge is 0.229 e. The monoisotopic (exact) mass is 411 g/mol. The molecular weight excluding hydrogens is 382 g/mol. The van der Waals surface area contributed by atoms with E-state index in [1.165, 1.54) is 11.1 Å². The Morgan fingerprint density at radius 1 is 1.00 bits per heavy atom. The molecular formula is C22H29N5O3. The van der Waals surface area contributed by atoms with Gasteiger partial charge in [-0.1, -0.05) is 6.92 Å².